The van der Waals surface area contributed by atoms with Crippen LogP contribution in [0.2, 0.25) is 0 Å². The van der Waals surface area contributed by atoms with Gasteiger partial charge in [0.1, 0.15) is 0 Å². The number of amides is 1. The summed E-state index contributed by atoms with van der Waals surface area (Å²) in [5.41, 5.74) is 0.744. The summed E-state index contributed by atoms with van der Waals surface area (Å²) in [6.45, 7) is 14.3. The summed E-state index contributed by atoms with van der Waals surface area (Å²) in [5, 5.41) is 3.39. The van der Waals surface area contributed by atoms with E-state index in [1.165, 1.54) is 0 Å². The monoisotopic (exact) mass is 266 g/mol. The van der Waals surface area contributed by atoms with Crippen LogP contribution in [0.4, 0.5) is 0 Å². The van der Waals surface area contributed by atoms with E-state index in [0.29, 0.717) is 22.7 Å². The van der Waals surface area contributed by atoms with Crippen molar-refractivity contribution >= 4 is 5.91 Å². The number of carbonyl (C=O) groups excluding carboxylic acids is 1. The molecule has 1 N–H and O–H groups in total. The van der Waals surface area contributed by atoms with E-state index in [1.54, 1.807) is 0 Å². The number of hydrogen-bond acceptors (Lipinski definition) is 2. The second-order valence-corrected chi connectivity index (χ2v) is 7.43. The summed E-state index contributed by atoms with van der Waals surface area (Å²) >= 11 is 0. The summed E-state index contributed by atoms with van der Waals surface area (Å²) in [6, 6.07) is 0.0682. The maximum Gasteiger partial charge on any atom is 0.239 e. The van der Waals surface area contributed by atoms with Gasteiger partial charge in [-0.1, -0.05) is 34.6 Å². The first kappa shape index (κ1) is 14.8. The average molecular weight is 266 g/mol. The third kappa shape index (κ3) is 2.54. The van der Waals surface area contributed by atoms with Crippen LogP contribution in [0.3, 0.4) is 0 Å². The topological polar surface area (TPSA) is 32.3 Å². The minimum absolute atomic E-state index is 0.0682. The molecule has 1 saturated carbocycles. The number of nitrogens with zero attached hydrogens (tertiary/aromatic N) is 1. The van der Waals surface area contributed by atoms with Gasteiger partial charge < -0.3 is 10.2 Å². The molecule has 1 unspecified atom stereocenters. The molecule has 2 fully saturated rings. The molecule has 1 atom stereocenters. The highest BCUT2D eigenvalue weighted by atomic mass is 16.2. The molecule has 110 valence electrons. The first-order valence-corrected chi connectivity index (χ1v) is 7.84. The van der Waals surface area contributed by atoms with Crippen LogP contribution in [0.25, 0.3) is 0 Å². The van der Waals surface area contributed by atoms with Crippen molar-refractivity contribution in [2.24, 2.45) is 16.7 Å². The molecule has 2 rings (SSSR count). The van der Waals surface area contributed by atoms with Crippen LogP contribution in [0.1, 0.15) is 53.9 Å². The Morgan fingerprint density at radius 2 is 1.89 bits per heavy atom. The standard InChI is InChI=1S/C16H30N2O/c1-6-9-17-12-8-7-10-18(14(12)19)11-13-15(2,3)16(13,4)5/h12-13,17H,6-11H2,1-5H3. The third-order valence-electron chi connectivity index (χ3n) is 5.89. The molecule has 0 spiro atoms. The van der Waals surface area contributed by atoms with Crippen molar-refractivity contribution in [3.8, 4) is 0 Å². The van der Waals surface area contributed by atoms with E-state index in [9.17, 15) is 4.79 Å². The summed E-state index contributed by atoms with van der Waals surface area (Å²) in [7, 11) is 0. The molecule has 3 heteroatoms. The zero-order chi connectivity index (χ0) is 14.3. The average Bonchev–Trinajstić information content (AvgIpc) is 2.72. The van der Waals surface area contributed by atoms with E-state index < -0.39 is 0 Å². The molecular formula is C16H30N2O. The number of piperidine rings is 1. The van der Waals surface area contributed by atoms with Crippen molar-refractivity contribution in [2.75, 3.05) is 19.6 Å². The lowest BCUT2D eigenvalue weighted by Gasteiger charge is -2.33. The normalized spacial score (nSPS) is 29.6. The number of likely N-dealkylation sites (tertiary alicyclic amines) is 1. The molecule has 1 aliphatic carbocycles. The minimum atomic E-state index is 0.0682. The zero-order valence-corrected chi connectivity index (χ0v) is 13.3. The van der Waals surface area contributed by atoms with Crippen molar-refractivity contribution < 1.29 is 4.79 Å². The Morgan fingerprint density at radius 3 is 2.42 bits per heavy atom. The Kier molecular flexibility index (Phi) is 3.97. The highest BCUT2D eigenvalue weighted by Gasteiger charge is 2.64. The Labute approximate surface area is 118 Å². The molecule has 1 aliphatic heterocycles. The highest BCUT2D eigenvalue weighted by molar-refractivity contribution is 5.82. The zero-order valence-electron chi connectivity index (χ0n) is 13.3. The maximum absolute atomic E-state index is 12.5. The molecule has 1 amide bonds. The molecule has 19 heavy (non-hydrogen) atoms. The Morgan fingerprint density at radius 1 is 1.26 bits per heavy atom. The first-order chi connectivity index (χ1) is 8.82. The van der Waals surface area contributed by atoms with Crippen LogP contribution in [-0.2, 0) is 4.79 Å². The number of hydrogen-bond donors (Lipinski definition) is 1. The largest absolute Gasteiger partial charge is 0.341 e. The van der Waals surface area contributed by atoms with Crippen LogP contribution < -0.4 is 5.32 Å². The van der Waals surface area contributed by atoms with E-state index in [0.717, 1.165) is 38.9 Å². The summed E-state index contributed by atoms with van der Waals surface area (Å²) in [6.07, 6.45) is 3.24. The van der Waals surface area contributed by atoms with Crippen LogP contribution in [0.5, 0.6) is 0 Å². The van der Waals surface area contributed by atoms with E-state index in [1.807, 2.05) is 0 Å². The van der Waals surface area contributed by atoms with Crippen molar-refractivity contribution in [3.63, 3.8) is 0 Å². The summed E-state index contributed by atoms with van der Waals surface area (Å²) < 4.78 is 0. The fraction of sp³-hybridized carbons (Fsp3) is 0.938. The van der Waals surface area contributed by atoms with Gasteiger partial charge >= 0.3 is 0 Å². The molecule has 0 aromatic carbocycles. The summed E-state index contributed by atoms with van der Waals surface area (Å²) in [5.74, 6) is 0.979. The van der Waals surface area contributed by atoms with Gasteiger partial charge in [-0.2, -0.15) is 0 Å². The van der Waals surface area contributed by atoms with Gasteiger partial charge in [-0.05, 0) is 42.6 Å². The van der Waals surface area contributed by atoms with Gasteiger partial charge in [-0.15, -0.1) is 0 Å². The van der Waals surface area contributed by atoms with Gasteiger partial charge in [-0.25, -0.2) is 0 Å². The van der Waals surface area contributed by atoms with Crippen molar-refractivity contribution in [3.05, 3.63) is 0 Å². The predicted molar refractivity (Wildman–Crippen MR) is 78.9 cm³/mol. The first-order valence-electron chi connectivity index (χ1n) is 7.84. The lowest BCUT2D eigenvalue weighted by atomic mass is 10.0. The van der Waals surface area contributed by atoms with Crippen LogP contribution >= 0.6 is 0 Å². The molecule has 0 radical (unpaired) electrons. The molecular weight excluding hydrogens is 236 g/mol. The fourth-order valence-electron chi connectivity index (χ4n) is 3.64. The third-order valence-corrected chi connectivity index (χ3v) is 5.89. The van der Waals surface area contributed by atoms with Gasteiger partial charge in [-0.3, -0.25) is 4.79 Å². The lowest BCUT2D eigenvalue weighted by molar-refractivity contribution is -0.136. The summed E-state index contributed by atoms with van der Waals surface area (Å²) in [4.78, 5) is 14.6. The van der Waals surface area contributed by atoms with E-state index >= 15 is 0 Å². The molecule has 0 aromatic heterocycles. The second-order valence-electron chi connectivity index (χ2n) is 7.43. The van der Waals surface area contributed by atoms with E-state index in [2.05, 4.69) is 44.8 Å². The smallest absolute Gasteiger partial charge is 0.239 e. The van der Waals surface area contributed by atoms with Crippen LogP contribution in [0, 0.1) is 16.7 Å². The van der Waals surface area contributed by atoms with Gasteiger partial charge in [0.2, 0.25) is 5.91 Å². The molecule has 0 bridgehead atoms. The Balaban J connectivity index is 1.92. The Bertz CT molecular complexity index is 335. The highest BCUT2D eigenvalue weighted by Crippen LogP contribution is 2.68. The number of nitrogens with one attached hydrogen (secondary N) is 1. The van der Waals surface area contributed by atoms with Gasteiger partial charge in [0.25, 0.3) is 0 Å². The SMILES string of the molecule is CCCNC1CCCN(CC2C(C)(C)C2(C)C)C1=O. The number of carbonyl (C=O) groups is 1. The maximum atomic E-state index is 12.5. The quantitative estimate of drug-likeness (QED) is 0.829. The second kappa shape index (κ2) is 5.08. The molecule has 2 aliphatic rings. The molecule has 1 heterocycles. The number of rotatable bonds is 5. The minimum Gasteiger partial charge on any atom is -0.341 e. The van der Waals surface area contributed by atoms with Crippen molar-refractivity contribution in [2.45, 2.75) is 59.9 Å². The van der Waals surface area contributed by atoms with Gasteiger partial charge in [0.15, 0.2) is 0 Å². The predicted octanol–water partition coefficient (Wildman–Crippen LogP) is 2.66. The van der Waals surface area contributed by atoms with E-state index in [-0.39, 0.29) is 6.04 Å². The van der Waals surface area contributed by atoms with Crippen molar-refractivity contribution in [1.29, 1.82) is 0 Å². The fourth-order valence-corrected chi connectivity index (χ4v) is 3.64. The van der Waals surface area contributed by atoms with Crippen LogP contribution in [-0.4, -0.2) is 36.5 Å². The van der Waals surface area contributed by atoms with Gasteiger partial charge in [0.05, 0.1) is 6.04 Å². The van der Waals surface area contributed by atoms with Crippen LogP contribution in [0.15, 0.2) is 0 Å². The molecule has 1 saturated heterocycles. The van der Waals surface area contributed by atoms with Gasteiger partial charge in [0, 0.05) is 13.1 Å². The molecule has 3 nitrogen and oxygen atoms in total. The Hall–Kier alpha value is -0.570. The van der Waals surface area contributed by atoms with E-state index in [4.69, 9.17) is 0 Å². The lowest BCUT2D eigenvalue weighted by Crippen LogP contribution is -2.51. The molecule has 0 aromatic rings. The van der Waals surface area contributed by atoms with Crippen molar-refractivity contribution in [1.82, 2.24) is 10.2 Å².